The predicted octanol–water partition coefficient (Wildman–Crippen LogP) is 8.07. The van der Waals surface area contributed by atoms with Gasteiger partial charge in [0.15, 0.2) is 0 Å². The fourth-order valence-electron chi connectivity index (χ4n) is 2.21. The van der Waals surface area contributed by atoms with Crippen LogP contribution in [0.3, 0.4) is 0 Å². The lowest BCUT2D eigenvalue weighted by Gasteiger charge is -1.94. The third-order valence-corrected chi connectivity index (χ3v) is 3.62. The van der Waals surface area contributed by atoms with Crippen molar-refractivity contribution in [2.24, 2.45) is 0 Å². The normalized spacial score (nSPS) is 29.3. The predicted molar refractivity (Wildman–Crippen MR) is 124 cm³/mol. The van der Waals surface area contributed by atoms with Crippen LogP contribution in [-0.4, -0.2) is 0 Å². The first-order valence-electron chi connectivity index (χ1n) is 9.82. The van der Waals surface area contributed by atoms with Gasteiger partial charge in [0, 0.05) is 0 Å². The summed E-state index contributed by atoms with van der Waals surface area (Å²) in [4.78, 5) is 0. The molecular weight excluding hydrogens is 324 g/mol. The van der Waals surface area contributed by atoms with E-state index in [1.165, 1.54) is 19.3 Å². The summed E-state index contributed by atoms with van der Waals surface area (Å²) in [6, 6.07) is 0. The molecule has 0 radical (unpaired) electrons. The van der Waals surface area contributed by atoms with Gasteiger partial charge < -0.3 is 0 Å². The third kappa shape index (κ3) is 17.7. The first-order valence-corrected chi connectivity index (χ1v) is 9.82. The largest absolute Gasteiger partial charge is 0.0845 e. The maximum Gasteiger partial charge on any atom is -0.0348 e. The molecule has 0 aromatic carbocycles. The summed E-state index contributed by atoms with van der Waals surface area (Å²) in [7, 11) is 0. The maximum atomic E-state index is 2.25. The van der Waals surface area contributed by atoms with E-state index in [1.54, 1.807) is 0 Å². The second-order valence-electron chi connectivity index (χ2n) is 5.96. The Bertz CT molecular complexity index is 607. The summed E-state index contributed by atoms with van der Waals surface area (Å²) < 4.78 is 0. The summed E-state index contributed by atoms with van der Waals surface area (Å²) in [6.45, 7) is 0. The van der Waals surface area contributed by atoms with Crippen LogP contribution in [0.25, 0.3) is 0 Å². The third-order valence-electron chi connectivity index (χ3n) is 3.62. The molecular formula is C27H32. The zero-order chi connectivity index (χ0) is 19.1. The average Bonchev–Trinajstić information content (AvgIpc) is 2.68. The Balaban J connectivity index is 2.52. The van der Waals surface area contributed by atoms with E-state index in [-0.39, 0.29) is 0 Å². The molecule has 0 bridgehead atoms. The molecule has 1 rings (SSSR count). The van der Waals surface area contributed by atoms with Gasteiger partial charge >= 0.3 is 0 Å². The van der Waals surface area contributed by atoms with E-state index in [0.717, 1.165) is 12.8 Å². The van der Waals surface area contributed by atoms with Crippen molar-refractivity contribution in [3.63, 3.8) is 0 Å². The molecule has 1 aliphatic rings. The molecule has 0 spiro atoms. The smallest absolute Gasteiger partial charge is 0.0348 e. The fourth-order valence-corrected chi connectivity index (χ4v) is 2.21. The Kier molecular flexibility index (Phi) is 16.0. The monoisotopic (exact) mass is 356 g/mol. The lowest BCUT2D eigenvalue weighted by molar-refractivity contribution is 0.696. The van der Waals surface area contributed by atoms with E-state index in [2.05, 4.69) is 48.6 Å². The minimum absolute atomic E-state index is 1.16. The molecule has 1 aliphatic carbocycles. The number of hydrogen-bond acceptors (Lipinski definition) is 0. The maximum absolute atomic E-state index is 2.25. The van der Waals surface area contributed by atoms with Crippen LogP contribution in [0, 0.1) is 0 Å². The van der Waals surface area contributed by atoms with Crippen LogP contribution in [-0.2, 0) is 0 Å². The Hall–Kier alpha value is -2.86. The highest BCUT2D eigenvalue weighted by Crippen LogP contribution is 2.04. The molecule has 0 N–H and O–H groups in total. The highest BCUT2D eigenvalue weighted by Gasteiger charge is 1.84. The van der Waals surface area contributed by atoms with E-state index < -0.39 is 0 Å². The van der Waals surface area contributed by atoms with Crippen molar-refractivity contribution >= 4 is 0 Å². The van der Waals surface area contributed by atoms with E-state index >= 15 is 0 Å². The lowest BCUT2D eigenvalue weighted by atomic mass is 10.1. The fraction of sp³-hybridized carbons (Fsp3) is 0.185. The lowest BCUT2D eigenvalue weighted by Crippen LogP contribution is -1.74. The van der Waals surface area contributed by atoms with Crippen molar-refractivity contribution in [3.05, 3.63) is 134 Å². The number of hydrogen-bond donors (Lipinski definition) is 0. The van der Waals surface area contributed by atoms with Gasteiger partial charge in [-0.1, -0.05) is 140 Å². The molecule has 140 valence electrons. The molecule has 0 amide bonds. The van der Waals surface area contributed by atoms with Gasteiger partial charge in [0.25, 0.3) is 0 Å². The zero-order valence-corrected chi connectivity index (χ0v) is 16.2. The summed E-state index contributed by atoms with van der Waals surface area (Å²) in [6.07, 6.45) is 51.5. The van der Waals surface area contributed by atoms with Gasteiger partial charge in [0.05, 0.1) is 0 Å². The average molecular weight is 357 g/mol. The molecule has 0 heterocycles. The first-order chi connectivity index (χ1) is 13.5. The van der Waals surface area contributed by atoms with E-state index in [0.29, 0.717) is 0 Å². The van der Waals surface area contributed by atoms with Crippen LogP contribution in [0.4, 0.5) is 0 Å². The molecule has 0 atom stereocenters. The van der Waals surface area contributed by atoms with E-state index in [9.17, 15) is 0 Å². The quantitative estimate of drug-likeness (QED) is 0.411. The molecule has 0 saturated carbocycles. The molecule has 0 saturated heterocycles. The molecule has 0 nitrogen and oxygen atoms in total. The highest BCUT2D eigenvalue weighted by molar-refractivity contribution is 5.22. The molecule has 0 aromatic heterocycles. The minimum atomic E-state index is 1.16. The van der Waals surface area contributed by atoms with Gasteiger partial charge in [0.1, 0.15) is 0 Å². The van der Waals surface area contributed by atoms with Gasteiger partial charge in [-0.3, -0.25) is 0 Å². The Morgan fingerprint density at radius 3 is 0.704 bits per heavy atom. The van der Waals surface area contributed by atoms with Crippen molar-refractivity contribution < 1.29 is 0 Å². The van der Waals surface area contributed by atoms with Gasteiger partial charge in [-0.15, -0.1) is 0 Å². The molecule has 0 aliphatic heterocycles. The van der Waals surface area contributed by atoms with Crippen molar-refractivity contribution in [3.8, 4) is 0 Å². The minimum Gasteiger partial charge on any atom is -0.0845 e. The van der Waals surface area contributed by atoms with Crippen LogP contribution in [0.5, 0.6) is 0 Å². The zero-order valence-electron chi connectivity index (χ0n) is 16.2. The summed E-state index contributed by atoms with van der Waals surface area (Å²) in [5.74, 6) is 0. The molecule has 0 unspecified atom stereocenters. The van der Waals surface area contributed by atoms with Crippen molar-refractivity contribution in [1.82, 2.24) is 0 Å². The van der Waals surface area contributed by atoms with Crippen LogP contribution in [0.2, 0.25) is 0 Å². The Labute approximate surface area is 166 Å². The molecule has 0 aromatic rings. The summed E-state index contributed by atoms with van der Waals surface area (Å²) >= 11 is 0. The first kappa shape index (κ1) is 22.2. The van der Waals surface area contributed by atoms with E-state index in [1.807, 2.05) is 85.1 Å². The molecule has 0 heteroatoms. The van der Waals surface area contributed by atoms with Crippen LogP contribution in [0.1, 0.15) is 32.1 Å². The topological polar surface area (TPSA) is 0 Å². The van der Waals surface area contributed by atoms with Crippen LogP contribution >= 0.6 is 0 Å². The Morgan fingerprint density at radius 1 is 0.222 bits per heavy atom. The summed E-state index contributed by atoms with van der Waals surface area (Å²) in [5, 5.41) is 0. The van der Waals surface area contributed by atoms with Gasteiger partial charge in [-0.2, -0.15) is 0 Å². The van der Waals surface area contributed by atoms with Crippen molar-refractivity contribution in [1.29, 1.82) is 0 Å². The standard InChI is InChI=1S/C27H32/c1-2-4-6-8-10-12-14-16-18-20-22-24-26-27-25-23-21-19-17-15-13-11-9-7-5-3-1/h1-22H,23-27H2/b2-1+,5-3-,6-4+,9-7+,10-8+,13-11+,14-12+,17-15+,18-16-,21-19?,22-20+. The summed E-state index contributed by atoms with van der Waals surface area (Å²) in [5.41, 5.74) is 0. The van der Waals surface area contributed by atoms with Crippen molar-refractivity contribution in [2.45, 2.75) is 32.1 Å². The number of rotatable bonds is 0. The van der Waals surface area contributed by atoms with Gasteiger partial charge in [-0.05, 0) is 25.7 Å². The van der Waals surface area contributed by atoms with Crippen molar-refractivity contribution in [2.75, 3.05) is 0 Å². The molecule has 27 heavy (non-hydrogen) atoms. The van der Waals surface area contributed by atoms with Gasteiger partial charge in [-0.25, -0.2) is 0 Å². The Morgan fingerprint density at radius 2 is 0.444 bits per heavy atom. The SMILES string of the molecule is C1=CCCCCC/C=C/C=C\C=C\C=C\C=C\C=C\C=C/C=C/C=C/C=C/1. The number of allylic oxidation sites excluding steroid dienone is 22. The van der Waals surface area contributed by atoms with Crippen LogP contribution in [0.15, 0.2) is 134 Å². The van der Waals surface area contributed by atoms with Gasteiger partial charge in [0.2, 0.25) is 0 Å². The van der Waals surface area contributed by atoms with E-state index in [4.69, 9.17) is 0 Å². The molecule has 0 fully saturated rings. The second-order valence-corrected chi connectivity index (χ2v) is 5.96. The highest BCUT2D eigenvalue weighted by atomic mass is 13.9. The van der Waals surface area contributed by atoms with Crippen LogP contribution < -0.4 is 0 Å². The second kappa shape index (κ2) is 19.5.